The lowest BCUT2D eigenvalue weighted by atomic mass is 10.0. The smallest absolute Gasteiger partial charge is 0.133 e. The van der Waals surface area contributed by atoms with Gasteiger partial charge in [0.05, 0.1) is 5.69 Å². The number of hydrogen-bond acceptors (Lipinski definition) is 3. The van der Waals surface area contributed by atoms with Gasteiger partial charge in [0, 0.05) is 43.4 Å². The Bertz CT molecular complexity index is 574. The van der Waals surface area contributed by atoms with Crippen LogP contribution in [-0.2, 0) is 13.5 Å². The molecule has 0 aliphatic carbocycles. The Morgan fingerprint density at radius 3 is 2.40 bits per heavy atom. The first-order valence-corrected chi connectivity index (χ1v) is 6.24. The van der Waals surface area contributed by atoms with Crippen LogP contribution in [0.5, 0.6) is 0 Å². The largest absolute Gasteiger partial charge is 0.310 e. The summed E-state index contributed by atoms with van der Waals surface area (Å²) >= 11 is 0. The van der Waals surface area contributed by atoms with Crippen LogP contribution in [0.3, 0.4) is 0 Å². The van der Waals surface area contributed by atoms with E-state index in [0.717, 1.165) is 0 Å². The molecule has 2 aromatic rings. The second kappa shape index (κ2) is 6.04. The van der Waals surface area contributed by atoms with Gasteiger partial charge >= 0.3 is 0 Å². The number of benzene rings is 1. The first-order valence-electron chi connectivity index (χ1n) is 6.24. The van der Waals surface area contributed by atoms with E-state index >= 15 is 0 Å². The molecule has 2 rings (SSSR count). The Labute approximate surface area is 114 Å². The minimum absolute atomic E-state index is 0.182. The third-order valence-corrected chi connectivity index (χ3v) is 2.91. The molecule has 0 aliphatic rings. The maximum atomic E-state index is 13.8. The van der Waals surface area contributed by atoms with Crippen LogP contribution in [0.15, 0.2) is 18.3 Å². The molecule has 108 valence electrons. The van der Waals surface area contributed by atoms with Crippen molar-refractivity contribution in [1.82, 2.24) is 20.3 Å². The summed E-state index contributed by atoms with van der Waals surface area (Å²) in [5.41, 5.74) is 0.417. The van der Waals surface area contributed by atoms with Gasteiger partial charge in [0.15, 0.2) is 0 Å². The highest BCUT2D eigenvalue weighted by molar-refractivity contribution is 5.25. The fraction of sp³-hybridized carbons (Fsp3) is 0.385. The van der Waals surface area contributed by atoms with E-state index in [9.17, 15) is 13.2 Å². The number of aromatic nitrogens is 3. The van der Waals surface area contributed by atoms with Crippen molar-refractivity contribution in [3.05, 3.63) is 47.0 Å². The van der Waals surface area contributed by atoms with E-state index < -0.39 is 23.5 Å². The van der Waals surface area contributed by atoms with Crippen LogP contribution in [0.2, 0.25) is 0 Å². The summed E-state index contributed by atoms with van der Waals surface area (Å²) in [6.07, 6.45) is 1.94. The van der Waals surface area contributed by atoms with E-state index in [1.807, 2.05) is 6.92 Å². The number of halogens is 3. The number of likely N-dealkylation sites (N-methyl/N-ethyl adjacent to an activating group) is 1. The molecule has 0 saturated heterocycles. The van der Waals surface area contributed by atoms with E-state index in [1.165, 1.54) is 4.68 Å². The van der Waals surface area contributed by atoms with Crippen LogP contribution >= 0.6 is 0 Å². The first kappa shape index (κ1) is 14.5. The summed E-state index contributed by atoms with van der Waals surface area (Å²) in [5, 5.41) is 10.6. The molecule has 0 aliphatic heterocycles. The van der Waals surface area contributed by atoms with Gasteiger partial charge in [0.2, 0.25) is 0 Å². The molecule has 0 spiro atoms. The third-order valence-electron chi connectivity index (χ3n) is 2.91. The van der Waals surface area contributed by atoms with Crippen molar-refractivity contribution in [2.45, 2.75) is 19.4 Å². The van der Waals surface area contributed by atoms with Gasteiger partial charge in [0.25, 0.3) is 0 Å². The lowest BCUT2D eigenvalue weighted by Gasteiger charge is -2.18. The highest BCUT2D eigenvalue weighted by Crippen LogP contribution is 2.24. The summed E-state index contributed by atoms with van der Waals surface area (Å²) in [6, 6.07) is 0.732. The first-order chi connectivity index (χ1) is 9.51. The molecule has 1 unspecified atom stereocenters. The van der Waals surface area contributed by atoms with Gasteiger partial charge in [-0.25, -0.2) is 13.2 Å². The van der Waals surface area contributed by atoms with Gasteiger partial charge in [-0.15, -0.1) is 5.10 Å². The molecular weight excluding hydrogens is 269 g/mol. The molecule has 0 amide bonds. The average molecular weight is 284 g/mol. The van der Waals surface area contributed by atoms with Gasteiger partial charge in [0.1, 0.15) is 17.5 Å². The molecule has 1 aromatic heterocycles. The summed E-state index contributed by atoms with van der Waals surface area (Å²) in [7, 11) is 1.71. The quantitative estimate of drug-likeness (QED) is 0.914. The maximum absolute atomic E-state index is 13.8. The normalized spacial score (nSPS) is 12.7. The van der Waals surface area contributed by atoms with Gasteiger partial charge in [-0.2, -0.15) is 0 Å². The molecular formula is C13H15F3N4. The average Bonchev–Trinajstić information content (AvgIpc) is 2.73. The van der Waals surface area contributed by atoms with Crippen molar-refractivity contribution in [2.75, 3.05) is 6.54 Å². The lowest BCUT2D eigenvalue weighted by molar-refractivity contribution is 0.459. The van der Waals surface area contributed by atoms with Crippen molar-refractivity contribution in [1.29, 1.82) is 0 Å². The summed E-state index contributed by atoms with van der Waals surface area (Å²) in [4.78, 5) is 0. The minimum atomic E-state index is -0.932. The number of rotatable bonds is 5. The van der Waals surface area contributed by atoms with Crippen molar-refractivity contribution < 1.29 is 13.2 Å². The second-order valence-corrected chi connectivity index (χ2v) is 4.48. The van der Waals surface area contributed by atoms with E-state index in [2.05, 4.69) is 15.6 Å². The molecule has 0 radical (unpaired) electrons. The Balaban J connectivity index is 2.33. The van der Waals surface area contributed by atoms with Gasteiger partial charge in [-0.1, -0.05) is 12.1 Å². The predicted octanol–water partition coefficient (Wildman–Crippen LogP) is 2.13. The SMILES string of the molecule is CCNC(Cc1cn(C)nn1)c1c(F)cc(F)cc1F. The zero-order valence-electron chi connectivity index (χ0n) is 11.2. The highest BCUT2D eigenvalue weighted by Gasteiger charge is 2.22. The summed E-state index contributed by atoms with van der Waals surface area (Å²) < 4.78 is 42.1. The molecule has 1 atom stereocenters. The molecule has 4 nitrogen and oxygen atoms in total. The van der Waals surface area contributed by atoms with Gasteiger partial charge < -0.3 is 5.32 Å². The van der Waals surface area contributed by atoms with Crippen LogP contribution in [-0.4, -0.2) is 21.5 Å². The molecule has 0 fully saturated rings. The Kier molecular flexibility index (Phi) is 4.39. The standard InChI is InChI=1S/C13H15F3N4/c1-3-17-12(6-9-7-20(2)19-18-9)13-10(15)4-8(14)5-11(13)16/h4-5,7,12,17H,3,6H2,1-2H3. The highest BCUT2D eigenvalue weighted by atomic mass is 19.1. The molecule has 20 heavy (non-hydrogen) atoms. The topological polar surface area (TPSA) is 42.7 Å². The monoisotopic (exact) mass is 284 g/mol. The van der Waals surface area contributed by atoms with Crippen LogP contribution in [0.4, 0.5) is 13.2 Å². The van der Waals surface area contributed by atoms with Crippen LogP contribution < -0.4 is 5.32 Å². The Hall–Kier alpha value is -1.89. The predicted molar refractivity (Wildman–Crippen MR) is 67.4 cm³/mol. The van der Waals surface area contributed by atoms with E-state index in [4.69, 9.17) is 0 Å². The van der Waals surface area contributed by atoms with Crippen LogP contribution in [0.1, 0.15) is 24.2 Å². The molecule has 7 heteroatoms. The van der Waals surface area contributed by atoms with E-state index in [0.29, 0.717) is 24.4 Å². The van der Waals surface area contributed by atoms with Crippen LogP contribution in [0, 0.1) is 17.5 Å². The number of nitrogens with one attached hydrogen (secondary N) is 1. The zero-order chi connectivity index (χ0) is 14.7. The van der Waals surface area contributed by atoms with Crippen molar-refractivity contribution >= 4 is 0 Å². The Morgan fingerprint density at radius 1 is 1.25 bits per heavy atom. The minimum Gasteiger partial charge on any atom is -0.310 e. The van der Waals surface area contributed by atoms with Crippen molar-refractivity contribution in [2.24, 2.45) is 7.05 Å². The zero-order valence-corrected chi connectivity index (χ0v) is 11.2. The number of nitrogens with zero attached hydrogens (tertiary/aromatic N) is 3. The Morgan fingerprint density at radius 2 is 1.90 bits per heavy atom. The van der Waals surface area contributed by atoms with E-state index in [-0.39, 0.29) is 12.0 Å². The van der Waals surface area contributed by atoms with Crippen molar-refractivity contribution in [3.8, 4) is 0 Å². The van der Waals surface area contributed by atoms with Crippen molar-refractivity contribution in [3.63, 3.8) is 0 Å². The number of aryl methyl sites for hydroxylation is 1. The second-order valence-electron chi connectivity index (χ2n) is 4.48. The summed E-state index contributed by atoms with van der Waals surface area (Å²) in [6.45, 7) is 2.34. The van der Waals surface area contributed by atoms with Gasteiger partial charge in [-0.05, 0) is 6.54 Å². The maximum Gasteiger partial charge on any atom is 0.133 e. The molecule has 0 bridgehead atoms. The number of hydrogen-bond donors (Lipinski definition) is 1. The van der Waals surface area contributed by atoms with Gasteiger partial charge in [-0.3, -0.25) is 4.68 Å². The molecule has 1 N–H and O–H groups in total. The molecule has 1 aromatic carbocycles. The third kappa shape index (κ3) is 3.16. The van der Waals surface area contributed by atoms with Crippen LogP contribution in [0.25, 0.3) is 0 Å². The fourth-order valence-electron chi connectivity index (χ4n) is 2.11. The summed E-state index contributed by atoms with van der Waals surface area (Å²) in [5.74, 6) is -2.74. The van der Waals surface area contributed by atoms with E-state index in [1.54, 1.807) is 13.2 Å². The lowest BCUT2D eigenvalue weighted by Crippen LogP contribution is -2.25. The molecule has 1 heterocycles. The fourth-order valence-corrected chi connectivity index (χ4v) is 2.11. The molecule has 0 saturated carbocycles.